The number of halogens is 1. The number of nitrogens with zero attached hydrogens (tertiary/aromatic N) is 1. The van der Waals surface area contributed by atoms with Crippen LogP contribution in [0, 0.1) is 17.1 Å². The average Bonchev–Trinajstić information content (AvgIpc) is 2.38. The Kier molecular flexibility index (Phi) is 5.08. The number of amides is 2. The molecular weight excluding hydrogens is 237 g/mol. The summed E-state index contributed by atoms with van der Waals surface area (Å²) in [4.78, 5) is 11.6. The van der Waals surface area contributed by atoms with Gasteiger partial charge in [0.05, 0.1) is 23.9 Å². The third kappa shape index (κ3) is 3.71. The zero-order valence-electron chi connectivity index (χ0n) is 9.90. The minimum absolute atomic E-state index is 0.0437. The molecule has 0 aliphatic rings. The van der Waals surface area contributed by atoms with Gasteiger partial charge in [0, 0.05) is 0 Å². The second-order valence-corrected chi connectivity index (χ2v) is 3.69. The van der Waals surface area contributed by atoms with Crippen molar-refractivity contribution >= 4 is 11.7 Å². The molecule has 1 atom stereocenters. The molecule has 0 bridgehead atoms. The molecule has 0 saturated heterocycles. The van der Waals surface area contributed by atoms with Gasteiger partial charge < -0.3 is 15.7 Å². The minimum Gasteiger partial charge on any atom is -0.394 e. The smallest absolute Gasteiger partial charge is 0.319 e. The normalized spacial score (nSPS) is 11.4. The standard InChI is InChI=1S/C12H14FN3O2/c1-2-10(7-17)15-12(18)16-11-4-3-9(13)5-8(11)6-14/h3-5,10,17H,2,7H2,1H3,(H2,15,16,18). The van der Waals surface area contributed by atoms with Gasteiger partial charge in [0.2, 0.25) is 0 Å². The molecule has 0 fully saturated rings. The summed E-state index contributed by atoms with van der Waals surface area (Å²) >= 11 is 0. The van der Waals surface area contributed by atoms with Crippen LogP contribution in [0.2, 0.25) is 0 Å². The van der Waals surface area contributed by atoms with Crippen molar-refractivity contribution < 1.29 is 14.3 Å². The summed E-state index contributed by atoms with van der Waals surface area (Å²) in [5.41, 5.74) is 0.270. The fraction of sp³-hybridized carbons (Fsp3) is 0.333. The van der Waals surface area contributed by atoms with Crippen LogP contribution < -0.4 is 10.6 Å². The summed E-state index contributed by atoms with van der Waals surface area (Å²) in [6.45, 7) is 1.65. The summed E-state index contributed by atoms with van der Waals surface area (Å²) in [6, 6.07) is 4.40. The number of anilines is 1. The summed E-state index contributed by atoms with van der Waals surface area (Å²) in [5.74, 6) is -0.542. The Morgan fingerprint density at radius 1 is 1.61 bits per heavy atom. The van der Waals surface area contributed by atoms with Crippen molar-refractivity contribution in [1.82, 2.24) is 5.32 Å². The lowest BCUT2D eigenvalue weighted by molar-refractivity contribution is 0.222. The van der Waals surface area contributed by atoms with E-state index in [0.29, 0.717) is 6.42 Å². The number of aliphatic hydroxyl groups excluding tert-OH is 1. The lowest BCUT2D eigenvalue weighted by Crippen LogP contribution is -2.39. The van der Waals surface area contributed by atoms with E-state index in [1.165, 1.54) is 6.07 Å². The van der Waals surface area contributed by atoms with Crippen molar-refractivity contribution in [2.75, 3.05) is 11.9 Å². The van der Waals surface area contributed by atoms with Gasteiger partial charge in [-0.05, 0) is 24.6 Å². The highest BCUT2D eigenvalue weighted by atomic mass is 19.1. The Balaban J connectivity index is 2.73. The highest BCUT2D eigenvalue weighted by molar-refractivity contribution is 5.90. The average molecular weight is 251 g/mol. The molecule has 0 saturated carbocycles. The number of rotatable bonds is 4. The van der Waals surface area contributed by atoms with E-state index in [1.54, 1.807) is 6.07 Å². The van der Waals surface area contributed by atoms with Crippen LogP contribution in [0.4, 0.5) is 14.9 Å². The van der Waals surface area contributed by atoms with E-state index in [9.17, 15) is 9.18 Å². The number of carbonyl (C=O) groups is 1. The number of aliphatic hydroxyl groups is 1. The molecule has 1 aromatic carbocycles. The van der Waals surface area contributed by atoms with Crippen molar-refractivity contribution in [3.05, 3.63) is 29.6 Å². The molecule has 18 heavy (non-hydrogen) atoms. The molecule has 5 nitrogen and oxygen atoms in total. The summed E-state index contributed by atoms with van der Waals surface area (Å²) in [5, 5.41) is 22.7. The van der Waals surface area contributed by atoms with E-state index in [2.05, 4.69) is 10.6 Å². The zero-order valence-corrected chi connectivity index (χ0v) is 9.90. The number of urea groups is 1. The molecule has 96 valence electrons. The van der Waals surface area contributed by atoms with E-state index in [-0.39, 0.29) is 23.9 Å². The van der Waals surface area contributed by atoms with Crippen molar-refractivity contribution in [3.63, 3.8) is 0 Å². The second kappa shape index (κ2) is 6.57. The largest absolute Gasteiger partial charge is 0.394 e. The van der Waals surface area contributed by atoms with E-state index >= 15 is 0 Å². The molecule has 0 spiro atoms. The first kappa shape index (κ1) is 13.9. The zero-order chi connectivity index (χ0) is 13.5. The first-order chi connectivity index (χ1) is 8.60. The predicted octanol–water partition coefficient (Wildman–Crippen LogP) is 1.59. The van der Waals surface area contributed by atoms with Gasteiger partial charge in [-0.1, -0.05) is 6.92 Å². The highest BCUT2D eigenvalue weighted by Crippen LogP contribution is 2.15. The first-order valence-electron chi connectivity index (χ1n) is 5.48. The van der Waals surface area contributed by atoms with Crippen LogP contribution >= 0.6 is 0 Å². The van der Waals surface area contributed by atoms with Crippen LogP contribution in [0.3, 0.4) is 0 Å². The first-order valence-corrected chi connectivity index (χ1v) is 5.48. The van der Waals surface area contributed by atoms with Crippen molar-refractivity contribution in [2.24, 2.45) is 0 Å². The van der Waals surface area contributed by atoms with Gasteiger partial charge >= 0.3 is 6.03 Å². The van der Waals surface area contributed by atoms with Gasteiger partial charge in [0.25, 0.3) is 0 Å². The number of carbonyl (C=O) groups excluding carboxylic acids is 1. The number of benzene rings is 1. The molecule has 1 rings (SSSR count). The Bertz CT molecular complexity index is 467. The SMILES string of the molecule is CCC(CO)NC(=O)Nc1ccc(F)cc1C#N. The molecule has 2 amide bonds. The number of hydrogen-bond acceptors (Lipinski definition) is 3. The molecule has 6 heteroatoms. The quantitative estimate of drug-likeness (QED) is 0.759. The Hall–Kier alpha value is -2.13. The second-order valence-electron chi connectivity index (χ2n) is 3.69. The van der Waals surface area contributed by atoms with E-state index < -0.39 is 11.8 Å². The van der Waals surface area contributed by atoms with Crippen LogP contribution in [-0.4, -0.2) is 23.8 Å². The number of hydrogen-bond donors (Lipinski definition) is 3. The van der Waals surface area contributed by atoms with Gasteiger partial charge in [0.1, 0.15) is 11.9 Å². The Labute approximate surface area is 104 Å². The maximum atomic E-state index is 12.9. The molecule has 0 radical (unpaired) electrons. The summed E-state index contributed by atoms with van der Waals surface area (Å²) in [6.07, 6.45) is 0.582. The maximum Gasteiger partial charge on any atom is 0.319 e. The molecule has 1 aromatic rings. The van der Waals surface area contributed by atoms with Crippen LogP contribution in [0.25, 0.3) is 0 Å². The van der Waals surface area contributed by atoms with Crippen LogP contribution in [0.1, 0.15) is 18.9 Å². The lowest BCUT2D eigenvalue weighted by atomic mass is 10.2. The Morgan fingerprint density at radius 2 is 2.33 bits per heavy atom. The number of nitriles is 1. The molecule has 1 unspecified atom stereocenters. The van der Waals surface area contributed by atoms with Crippen LogP contribution in [0.15, 0.2) is 18.2 Å². The van der Waals surface area contributed by atoms with Gasteiger partial charge in [-0.3, -0.25) is 0 Å². The maximum absolute atomic E-state index is 12.9. The Morgan fingerprint density at radius 3 is 2.89 bits per heavy atom. The van der Waals surface area contributed by atoms with Crippen LogP contribution in [-0.2, 0) is 0 Å². The molecular formula is C12H14FN3O2. The van der Waals surface area contributed by atoms with Crippen LogP contribution in [0.5, 0.6) is 0 Å². The van der Waals surface area contributed by atoms with Crippen molar-refractivity contribution in [1.29, 1.82) is 5.26 Å². The minimum atomic E-state index is -0.543. The van der Waals surface area contributed by atoms with E-state index in [0.717, 1.165) is 12.1 Å². The third-order valence-electron chi connectivity index (χ3n) is 2.40. The summed E-state index contributed by atoms with van der Waals surface area (Å²) < 4.78 is 12.9. The summed E-state index contributed by atoms with van der Waals surface area (Å²) in [7, 11) is 0. The topological polar surface area (TPSA) is 85.2 Å². The van der Waals surface area contributed by atoms with Gasteiger partial charge in [-0.15, -0.1) is 0 Å². The third-order valence-corrected chi connectivity index (χ3v) is 2.40. The van der Waals surface area contributed by atoms with Crippen molar-refractivity contribution in [2.45, 2.75) is 19.4 Å². The van der Waals surface area contributed by atoms with E-state index in [1.807, 2.05) is 6.92 Å². The highest BCUT2D eigenvalue weighted by Gasteiger charge is 2.11. The molecule has 0 aliphatic carbocycles. The predicted molar refractivity (Wildman–Crippen MR) is 64.4 cm³/mol. The lowest BCUT2D eigenvalue weighted by Gasteiger charge is -2.15. The molecule has 0 aromatic heterocycles. The fourth-order valence-corrected chi connectivity index (χ4v) is 1.34. The monoisotopic (exact) mass is 251 g/mol. The molecule has 0 heterocycles. The van der Waals surface area contributed by atoms with Gasteiger partial charge in [-0.25, -0.2) is 9.18 Å². The number of nitrogens with one attached hydrogen (secondary N) is 2. The fourth-order valence-electron chi connectivity index (χ4n) is 1.34. The van der Waals surface area contributed by atoms with Gasteiger partial charge in [-0.2, -0.15) is 5.26 Å². The van der Waals surface area contributed by atoms with Gasteiger partial charge in [0.15, 0.2) is 0 Å². The molecule has 3 N–H and O–H groups in total. The van der Waals surface area contributed by atoms with E-state index in [4.69, 9.17) is 10.4 Å². The van der Waals surface area contributed by atoms with Crippen molar-refractivity contribution in [3.8, 4) is 6.07 Å². The molecule has 0 aliphatic heterocycles.